The van der Waals surface area contributed by atoms with Crippen molar-refractivity contribution >= 4 is 5.78 Å². The number of allylic oxidation sites excluding steroid dienone is 2. The first kappa shape index (κ1) is 26.8. The normalized spacial score (nSPS) is 49.2. The highest BCUT2D eigenvalue weighted by Gasteiger charge is 2.66. The highest BCUT2D eigenvalue weighted by atomic mass is 16.7. The summed E-state index contributed by atoms with van der Waals surface area (Å²) in [5.74, 6) is 2.09. The summed E-state index contributed by atoms with van der Waals surface area (Å²) < 4.78 is 12.1. The minimum atomic E-state index is -1.21. The van der Waals surface area contributed by atoms with Gasteiger partial charge in [-0.05, 0) is 92.8 Å². The lowest BCUT2D eigenvalue weighted by atomic mass is 9.41. The van der Waals surface area contributed by atoms with E-state index in [4.69, 9.17) is 9.47 Å². The molecule has 5 nitrogen and oxygen atoms in total. The Bertz CT molecular complexity index is 932. The zero-order chi connectivity index (χ0) is 26.5. The van der Waals surface area contributed by atoms with Crippen molar-refractivity contribution in [3.8, 4) is 0 Å². The third-order valence-electron chi connectivity index (χ3n) is 12.6. The van der Waals surface area contributed by atoms with E-state index >= 15 is 0 Å². The SMILES string of the molecule is CO[C@H]1O[C@@H]([C@H](O)C(C)(C)O)C[C@H]1[C@H]1CC[C@]2(C)C3=CC[C@H]4C(C)(C)C(=O)CC[C@@]4(C)[C@H]3CC[C@@]12C. The lowest BCUT2D eigenvalue weighted by Gasteiger charge is -2.63. The van der Waals surface area contributed by atoms with Gasteiger partial charge in [-0.15, -0.1) is 0 Å². The van der Waals surface area contributed by atoms with Crippen molar-refractivity contribution in [2.45, 2.75) is 124 Å². The monoisotopic (exact) mass is 502 g/mol. The van der Waals surface area contributed by atoms with Crippen LogP contribution in [-0.2, 0) is 14.3 Å². The maximum atomic E-state index is 12.9. The molecule has 5 rings (SSSR count). The van der Waals surface area contributed by atoms with Crippen LogP contribution in [0, 0.1) is 45.3 Å². The number of hydrogen-bond donors (Lipinski definition) is 2. The van der Waals surface area contributed by atoms with Crippen molar-refractivity contribution in [1.82, 2.24) is 0 Å². The van der Waals surface area contributed by atoms with Gasteiger partial charge in [-0.25, -0.2) is 0 Å². The highest BCUT2D eigenvalue weighted by molar-refractivity contribution is 5.85. The molecular weight excluding hydrogens is 452 g/mol. The molecule has 10 atom stereocenters. The molecule has 0 bridgehead atoms. The molecule has 0 amide bonds. The second-order valence-electron chi connectivity index (χ2n) is 14.9. The molecule has 5 heteroatoms. The second kappa shape index (κ2) is 8.37. The van der Waals surface area contributed by atoms with Gasteiger partial charge in [-0.1, -0.05) is 46.3 Å². The Morgan fingerprint density at radius 2 is 1.81 bits per heavy atom. The molecule has 0 unspecified atom stereocenters. The minimum absolute atomic E-state index is 0.130. The third-order valence-corrected chi connectivity index (χ3v) is 12.6. The Labute approximate surface area is 218 Å². The van der Waals surface area contributed by atoms with E-state index in [9.17, 15) is 15.0 Å². The number of hydrogen-bond acceptors (Lipinski definition) is 5. The molecule has 0 aromatic carbocycles. The summed E-state index contributed by atoms with van der Waals surface area (Å²) in [6, 6.07) is 0. The van der Waals surface area contributed by atoms with E-state index in [0.717, 1.165) is 32.1 Å². The van der Waals surface area contributed by atoms with E-state index < -0.39 is 17.8 Å². The van der Waals surface area contributed by atoms with Crippen molar-refractivity contribution in [2.75, 3.05) is 7.11 Å². The van der Waals surface area contributed by atoms with Crippen LogP contribution in [0.3, 0.4) is 0 Å². The number of aliphatic hydroxyl groups excluding tert-OH is 1. The molecule has 1 aliphatic heterocycles. The molecule has 36 heavy (non-hydrogen) atoms. The van der Waals surface area contributed by atoms with E-state index in [1.807, 2.05) is 0 Å². The van der Waals surface area contributed by atoms with Crippen LogP contribution in [0.15, 0.2) is 11.6 Å². The van der Waals surface area contributed by atoms with Gasteiger partial charge in [-0.3, -0.25) is 4.79 Å². The van der Waals surface area contributed by atoms with E-state index in [2.05, 4.69) is 40.7 Å². The van der Waals surface area contributed by atoms with Crippen LogP contribution in [0.1, 0.15) is 99.8 Å². The number of carbonyl (C=O) groups is 1. The van der Waals surface area contributed by atoms with Crippen LogP contribution in [0.2, 0.25) is 0 Å². The van der Waals surface area contributed by atoms with Crippen molar-refractivity contribution in [1.29, 1.82) is 0 Å². The van der Waals surface area contributed by atoms with Crippen LogP contribution in [-0.4, -0.2) is 47.2 Å². The van der Waals surface area contributed by atoms with Gasteiger partial charge in [0.2, 0.25) is 0 Å². The molecule has 4 aliphatic carbocycles. The number of methoxy groups -OCH3 is 1. The predicted molar refractivity (Wildman–Crippen MR) is 140 cm³/mol. The fraction of sp³-hybridized carbons (Fsp3) is 0.903. The number of fused-ring (bicyclic) bond motifs is 5. The van der Waals surface area contributed by atoms with Crippen LogP contribution in [0.25, 0.3) is 0 Å². The lowest BCUT2D eigenvalue weighted by molar-refractivity contribution is -0.184. The molecule has 4 fully saturated rings. The maximum absolute atomic E-state index is 12.9. The minimum Gasteiger partial charge on any atom is -0.388 e. The molecule has 1 saturated heterocycles. The molecule has 0 aromatic rings. The molecule has 2 N–H and O–H groups in total. The molecule has 0 radical (unpaired) electrons. The molecule has 5 aliphatic rings. The van der Waals surface area contributed by atoms with Crippen molar-refractivity contribution < 1.29 is 24.5 Å². The first-order valence-electron chi connectivity index (χ1n) is 14.4. The first-order chi connectivity index (χ1) is 16.6. The smallest absolute Gasteiger partial charge is 0.160 e. The standard InChI is InChI=1S/C31H50O5/c1-27(2)23-10-9-21-20(29(23,5)14-13-24(27)32)12-16-30(6)19(11-15-31(21,30)7)18-17-22(36-26(18)35-8)25(33)28(3,4)34/h9,18-20,22-23,25-26,33-34H,10-17H2,1-8H3/t18-,19+,20-,22+,23-,25-,26-,29-,30-,31+/m0/s1. The van der Waals surface area contributed by atoms with Crippen LogP contribution in [0.5, 0.6) is 0 Å². The summed E-state index contributed by atoms with van der Waals surface area (Å²) in [5.41, 5.74) is 0.681. The van der Waals surface area contributed by atoms with Gasteiger partial charge in [-0.2, -0.15) is 0 Å². The zero-order valence-electron chi connectivity index (χ0n) is 23.9. The first-order valence-corrected chi connectivity index (χ1v) is 14.4. The maximum Gasteiger partial charge on any atom is 0.160 e. The zero-order valence-corrected chi connectivity index (χ0v) is 23.9. The van der Waals surface area contributed by atoms with Gasteiger partial charge in [0.15, 0.2) is 6.29 Å². The van der Waals surface area contributed by atoms with Gasteiger partial charge in [0.1, 0.15) is 11.9 Å². The second-order valence-corrected chi connectivity index (χ2v) is 14.9. The Morgan fingerprint density at radius 3 is 2.44 bits per heavy atom. The van der Waals surface area contributed by atoms with Gasteiger partial charge < -0.3 is 19.7 Å². The molecular formula is C31H50O5. The van der Waals surface area contributed by atoms with Gasteiger partial charge in [0.05, 0.1) is 11.7 Å². The fourth-order valence-electron chi connectivity index (χ4n) is 10.2. The average Bonchev–Trinajstić information content (AvgIpc) is 3.33. The molecule has 0 spiro atoms. The number of aliphatic hydroxyl groups is 2. The molecule has 0 aromatic heterocycles. The van der Waals surface area contributed by atoms with Crippen molar-refractivity contribution in [3.05, 3.63) is 11.6 Å². The Balaban J connectivity index is 1.45. The largest absolute Gasteiger partial charge is 0.388 e. The van der Waals surface area contributed by atoms with Crippen LogP contribution in [0.4, 0.5) is 0 Å². The van der Waals surface area contributed by atoms with Crippen molar-refractivity contribution in [2.24, 2.45) is 45.3 Å². The average molecular weight is 503 g/mol. The Kier molecular flexibility index (Phi) is 6.24. The summed E-state index contributed by atoms with van der Waals surface area (Å²) >= 11 is 0. The lowest BCUT2D eigenvalue weighted by Crippen LogP contribution is -2.57. The summed E-state index contributed by atoms with van der Waals surface area (Å²) in [4.78, 5) is 12.9. The summed E-state index contributed by atoms with van der Waals surface area (Å²) in [6.45, 7) is 15.2. The Hall–Kier alpha value is -0.750. The number of ether oxygens (including phenoxy) is 2. The van der Waals surface area contributed by atoms with E-state index in [1.165, 1.54) is 19.3 Å². The van der Waals surface area contributed by atoms with Crippen LogP contribution < -0.4 is 0 Å². The number of rotatable bonds is 4. The van der Waals surface area contributed by atoms with E-state index in [-0.39, 0.29) is 33.9 Å². The summed E-state index contributed by atoms with van der Waals surface area (Å²) in [5, 5.41) is 21.2. The van der Waals surface area contributed by atoms with Crippen molar-refractivity contribution in [3.63, 3.8) is 0 Å². The third kappa shape index (κ3) is 3.51. The van der Waals surface area contributed by atoms with Gasteiger partial charge in [0.25, 0.3) is 0 Å². The predicted octanol–water partition coefficient (Wildman–Crippen LogP) is 5.67. The Morgan fingerprint density at radius 1 is 1.11 bits per heavy atom. The number of ketones is 1. The fourth-order valence-corrected chi connectivity index (χ4v) is 10.2. The molecule has 1 heterocycles. The van der Waals surface area contributed by atoms with Gasteiger partial charge in [0, 0.05) is 24.9 Å². The summed E-state index contributed by atoms with van der Waals surface area (Å²) in [7, 11) is 1.71. The number of carbonyl (C=O) groups excluding carboxylic acids is 1. The van der Waals surface area contributed by atoms with E-state index in [1.54, 1.807) is 26.5 Å². The van der Waals surface area contributed by atoms with E-state index in [0.29, 0.717) is 23.5 Å². The quantitative estimate of drug-likeness (QED) is 0.485. The number of Topliss-reactive ketones (excluding diaryl/α,β-unsaturated/α-hetero) is 1. The highest BCUT2D eigenvalue weighted by Crippen LogP contribution is 2.73. The van der Waals surface area contributed by atoms with Gasteiger partial charge >= 0.3 is 0 Å². The summed E-state index contributed by atoms with van der Waals surface area (Å²) in [6.07, 6.45) is 9.03. The van der Waals surface area contributed by atoms with Crippen LogP contribution >= 0.6 is 0 Å². The topological polar surface area (TPSA) is 76.0 Å². The molecule has 3 saturated carbocycles. The molecule has 204 valence electrons.